The minimum absolute atomic E-state index is 0.0899. The second-order valence-electron chi connectivity index (χ2n) is 8.67. The molecule has 0 saturated carbocycles. The zero-order valence-corrected chi connectivity index (χ0v) is 20.1. The Kier molecular flexibility index (Phi) is 8.93. The molecule has 4 rings (SSSR count). The van der Waals surface area contributed by atoms with Gasteiger partial charge in [-0.1, -0.05) is 60.7 Å². The Hall–Kier alpha value is -3.85. The number of ether oxygens (including phenoxy) is 3. The maximum atomic E-state index is 12.9. The van der Waals surface area contributed by atoms with Crippen LogP contribution in [-0.4, -0.2) is 72.6 Å². The second kappa shape index (κ2) is 12.7. The Morgan fingerprint density at radius 1 is 0.889 bits per heavy atom. The average Bonchev–Trinajstić information content (AvgIpc) is 3.36. The van der Waals surface area contributed by atoms with E-state index in [1.807, 2.05) is 60.7 Å². The first-order valence-electron chi connectivity index (χ1n) is 12.1. The third-order valence-electron chi connectivity index (χ3n) is 6.11. The predicted molar refractivity (Wildman–Crippen MR) is 131 cm³/mol. The molecule has 0 spiro atoms. The lowest BCUT2D eigenvalue weighted by Crippen LogP contribution is -2.45. The van der Waals surface area contributed by atoms with E-state index in [0.29, 0.717) is 13.1 Å². The Balaban J connectivity index is 1.36. The van der Waals surface area contributed by atoms with Crippen LogP contribution in [0.3, 0.4) is 0 Å². The number of esters is 1. The maximum Gasteiger partial charge on any atom is 0.410 e. The number of carbonyl (C=O) groups excluding carboxylic acids is 3. The highest BCUT2D eigenvalue weighted by Crippen LogP contribution is 2.24. The van der Waals surface area contributed by atoms with Gasteiger partial charge in [0, 0.05) is 38.7 Å². The van der Waals surface area contributed by atoms with E-state index in [2.05, 4.69) is 5.32 Å². The summed E-state index contributed by atoms with van der Waals surface area (Å²) in [6.45, 7) is 3.14. The number of piperazine rings is 1. The van der Waals surface area contributed by atoms with Crippen molar-refractivity contribution < 1.29 is 28.6 Å². The molecule has 1 N–H and O–H groups in total. The van der Waals surface area contributed by atoms with Gasteiger partial charge in [0.15, 0.2) is 0 Å². The third-order valence-corrected chi connectivity index (χ3v) is 6.11. The molecule has 2 heterocycles. The van der Waals surface area contributed by atoms with E-state index in [9.17, 15) is 14.4 Å². The number of hydrogen-bond acceptors (Lipinski definition) is 7. The Morgan fingerprint density at radius 2 is 1.50 bits per heavy atom. The number of rotatable bonds is 8. The lowest BCUT2D eigenvalue weighted by molar-refractivity contribution is -0.150. The minimum Gasteiger partial charge on any atom is -0.496 e. The van der Waals surface area contributed by atoms with Crippen molar-refractivity contribution in [1.29, 1.82) is 0 Å². The molecule has 0 aromatic heterocycles. The van der Waals surface area contributed by atoms with Crippen molar-refractivity contribution in [2.24, 2.45) is 0 Å². The number of nitrogens with one attached hydrogen (secondary N) is 1. The van der Waals surface area contributed by atoms with E-state index in [-0.39, 0.29) is 32.1 Å². The van der Waals surface area contributed by atoms with Crippen molar-refractivity contribution in [1.82, 2.24) is 15.1 Å². The van der Waals surface area contributed by atoms with E-state index < -0.39 is 24.2 Å². The molecule has 9 heteroatoms. The molecule has 2 amide bonds. The molecule has 9 nitrogen and oxygen atoms in total. The van der Waals surface area contributed by atoms with Crippen LogP contribution in [0.1, 0.15) is 17.5 Å². The van der Waals surface area contributed by atoms with Gasteiger partial charge in [-0.05, 0) is 11.1 Å². The molecule has 2 aromatic rings. The first-order valence-corrected chi connectivity index (χ1v) is 12.1. The lowest BCUT2D eigenvalue weighted by Gasteiger charge is -2.26. The van der Waals surface area contributed by atoms with Crippen molar-refractivity contribution >= 4 is 18.0 Å². The Labute approximate surface area is 210 Å². The smallest absolute Gasteiger partial charge is 0.410 e. The number of hydrogen-bond donors (Lipinski definition) is 1. The summed E-state index contributed by atoms with van der Waals surface area (Å²) in [5.41, 5.74) is 1.69. The van der Waals surface area contributed by atoms with Crippen LogP contribution >= 0.6 is 0 Å². The molecular weight excluding hydrogens is 462 g/mol. The summed E-state index contributed by atoms with van der Waals surface area (Å²) < 4.78 is 16.7. The molecule has 190 valence electrons. The van der Waals surface area contributed by atoms with Crippen molar-refractivity contribution in [3.05, 3.63) is 84.1 Å². The number of amides is 2. The van der Waals surface area contributed by atoms with E-state index in [4.69, 9.17) is 14.2 Å². The van der Waals surface area contributed by atoms with Crippen LogP contribution in [0.5, 0.6) is 0 Å². The molecule has 2 aliphatic rings. The zero-order chi connectivity index (χ0) is 25.2. The first kappa shape index (κ1) is 25.2. The zero-order valence-electron chi connectivity index (χ0n) is 20.1. The van der Waals surface area contributed by atoms with Gasteiger partial charge in [0.2, 0.25) is 5.91 Å². The molecule has 0 aliphatic carbocycles. The molecule has 2 aromatic carbocycles. The fourth-order valence-electron chi connectivity index (χ4n) is 4.15. The van der Waals surface area contributed by atoms with Crippen molar-refractivity contribution in [3.63, 3.8) is 0 Å². The van der Waals surface area contributed by atoms with Crippen LogP contribution in [0.2, 0.25) is 0 Å². The van der Waals surface area contributed by atoms with Gasteiger partial charge in [0.1, 0.15) is 25.4 Å². The number of nitrogens with zero attached hydrogens (tertiary/aromatic N) is 2. The molecule has 2 unspecified atom stereocenters. The number of benzene rings is 2. The van der Waals surface area contributed by atoms with E-state index in [0.717, 1.165) is 24.2 Å². The van der Waals surface area contributed by atoms with E-state index in [1.54, 1.807) is 4.90 Å². The molecule has 36 heavy (non-hydrogen) atoms. The number of likely N-dealkylation sites (tertiary alicyclic amines) is 1. The van der Waals surface area contributed by atoms with Crippen LogP contribution in [0.4, 0.5) is 4.79 Å². The summed E-state index contributed by atoms with van der Waals surface area (Å²) in [4.78, 5) is 41.2. The largest absolute Gasteiger partial charge is 0.496 e. The maximum absolute atomic E-state index is 12.9. The first-order chi connectivity index (χ1) is 17.6. The Morgan fingerprint density at radius 3 is 2.14 bits per heavy atom. The van der Waals surface area contributed by atoms with Crippen molar-refractivity contribution in [3.8, 4) is 0 Å². The topological polar surface area (TPSA) is 97.4 Å². The summed E-state index contributed by atoms with van der Waals surface area (Å²) in [6.07, 6.45) is 1.87. The highest BCUT2D eigenvalue weighted by molar-refractivity contribution is 5.87. The van der Waals surface area contributed by atoms with Crippen LogP contribution in [0.15, 0.2) is 73.0 Å². The lowest BCUT2D eigenvalue weighted by atomic mass is 10.2. The van der Waals surface area contributed by atoms with Gasteiger partial charge in [0.25, 0.3) is 0 Å². The van der Waals surface area contributed by atoms with Gasteiger partial charge in [0.05, 0.1) is 12.8 Å². The predicted octanol–water partition coefficient (Wildman–Crippen LogP) is 2.47. The van der Waals surface area contributed by atoms with E-state index >= 15 is 0 Å². The molecule has 0 bridgehead atoms. The Bertz CT molecular complexity index is 976. The molecule has 0 radical (unpaired) electrons. The SMILES string of the molecule is O=C(OCc1ccccc1)C1CC(OC=CC(=O)N2CCNCC2)CN1C(=O)OCc1ccccc1. The summed E-state index contributed by atoms with van der Waals surface area (Å²) in [5.74, 6) is -0.657. The van der Waals surface area contributed by atoms with Crippen LogP contribution in [-0.2, 0) is 37.0 Å². The van der Waals surface area contributed by atoms with Crippen LogP contribution in [0.25, 0.3) is 0 Å². The fraction of sp³-hybridized carbons (Fsp3) is 0.370. The summed E-state index contributed by atoms with van der Waals surface area (Å²) in [5, 5.41) is 3.20. The normalized spacial score (nSPS) is 19.8. The summed E-state index contributed by atoms with van der Waals surface area (Å²) in [7, 11) is 0. The van der Waals surface area contributed by atoms with Crippen LogP contribution < -0.4 is 5.32 Å². The standard InChI is InChI=1S/C27H31N3O6/c31-25(29-14-12-28-13-15-29)11-16-34-23-17-24(26(32)35-19-21-7-3-1-4-8-21)30(18-23)27(33)36-20-22-9-5-2-6-10-22/h1-11,16,23-24,28H,12-15,17-20H2. The van der Waals surface area contributed by atoms with Gasteiger partial charge in [-0.15, -0.1) is 0 Å². The highest BCUT2D eigenvalue weighted by atomic mass is 16.6. The molecule has 2 atom stereocenters. The molecule has 2 aliphatic heterocycles. The van der Waals surface area contributed by atoms with Crippen molar-refractivity contribution in [2.75, 3.05) is 32.7 Å². The van der Waals surface area contributed by atoms with E-state index in [1.165, 1.54) is 17.2 Å². The van der Waals surface area contributed by atoms with Gasteiger partial charge >= 0.3 is 12.1 Å². The summed E-state index contributed by atoms with van der Waals surface area (Å²) >= 11 is 0. The molecule has 2 fully saturated rings. The molecule has 2 saturated heterocycles. The fourth-order valence-corrected chi connectivity index (χ4v) is 4.15. The quantitative estimate of drug-likeness (QED) is 0.343. The highest BCUT2D eigenvalue weighted by Gasteiger charge is 2.42. The monoisotopic (exact) mass is 493 g/mol. The second-order valence-corrected chi connectivity index (χ2v) is 8.67. The van der Waals surface area contributed by atoms with Gasteiger partial charge in [-0.3, -0.25) is 9.69 Å². The number of carbonyl (C=O) groups is 3. The third kappa shape index (κ3) is 7.08. The summed E-state index contributed by atoms with van der Waals surface area (Å²) in [6, 6.07) is 17.8. The van der Waals surface area contributed by atoms with Crippen molar-refractivity contribution in [2.45, 2.75) is 31.8 Å². The minimum atomic E-state index is -0.848. The van der Waals surface area contributed by atoms with Gasteiger partial charge in [-0.25, -0.2) is 9.59 Å². The average molecular weight is 494 g/mol. The van der Waals surface area contributed by atoms with Gasteiger partial charge in [-0.2, -0.15) is 0 Å². The van der Waals surface area contributed by atoms with Gasteiger partial charge < -0.3 is 24.4 Å². The molecular formula is C27H31N3O6. The van der Waals surface area contributed by atoms with Crippen LogP contribution in [0, 0.1) is 0 Å².